The van der Waals surface area contributed by atoms with Crippen molar-refractivity contribution in [1.82, 2.24) is 4.90 Å². The SMILES string of the molecule is CCOP(=S)(OCC)Oc1ccc(C=NOC(=O)N(C)C)cc1. The van der Waals surface area contributed by atoms with E-state index >= 15 is 0 Å². The topological polar surface area (TPSA) is 69.6 Å². The summed E-state index contributed by atoms with van der Waals surface area (Å²) in [6.07, 6.45) is 0.877. The summed E-state index contributed by atoms with van der Waals surface area (Å²) in [5.41, 5.74) is 0.741. The maximum Gasteiger partial charge on any atom is 0.435 e. The molecule has 0 bridgehead atoms. The number of amides is 1. The maximum absolute atomic E-state index is 11.2. The number of rotatable bonds is 8. The van der Waals surface area contributed by atoms with E-state index in [2.05, 4.69) is 9.99 Å². The predicted molar refractivity (Wildman–Crippen MR) is 92.4 cm³/mol. The van der Waals surface area contributed by atoms with Crippen molar-refractivity contribution in [3.8, 4) is 5.75 Å². The van der Waals surface area contributed by atoms with Gasteiger partial charge in [-0.15, -0.1) is 0 Å². The molecule has 0 fully saturated rings. The second-order valence-electron chi connectivity index (χ2n) is 4.43. The van der Waals surface area contributed by atoms with Crippen LogP contribution in [0.2, 0.25) is 0 Å². The summed E-state index contributed by atoms with van der Waals surface area (Å²) >= 11 is 5.29. The molecular weight excluding hydrogens is 339 g/mol. The number of oxime groups is 1. The Balaban J connectivity index is 2.67. The number of benzene rings is 1. The molecule has 128 valence electrons. The third-order valence-electron chi connectivity index (χ3n) is 2.37. The summed E-state index contributed by atoms with van der Waals surface area (Å²) in [7, 11) is 3.15. The zero-order valence-electron chi connectivity index (χ0n) is 13.6. The quantitative estimate of drug-likeness (QED) is 0.306. The van der Waals surface area contributed by atoms with Gasteiger partial charge in [-0.3, -0.25) is 13.9 Å². The van der Waals surface area contributed by atoms with Crippen molar-refractivity contribution < 1.29 is 23.2 Å². The lowest BCUT2D eigenvalue weighted by Gasteiger charge is -2.20. The summed E-state index contributed by atoms with van der Waals surface area (Å²) in [6, 6.07) is 6.93. The fourth-order valence-corrected chi connectivity index (χ4v) is 3.45. The van der Waals surface area contributed by atoms with Crippen molar-refractivity contribution in [2.24, 2.45) is 5.16 Å². The molecule has 0 N–H and O–H groups in total. The van der Waals surface area contributed by atoms with Crippen LogP contribution in [0.4, 0.5) is 4.79 Å². The van der Waals surface area contributed by atoms with Gasteiger partial charge in [0.15, 0.2) is 0 Å². The maximum atomic E-state index is 11.2. The minimum absolute atomic E-state index is 0.416. The van der Waals surface area contributed by atoms with Gasteiger partial charge in [0.05, 0.1) is 19.4 Å². The largest absolute Gasteiger partial charge is 0.435 e. The van der Waals surface area contributed by atoms with E-state index in [1.165, 1.54) is 11.1 Å². The van der Waals surface area contributed by atoms with Gasteiger partial charge < -0.3 is 9.42 Å². The highest BCUT2D eigenvalue weighted by Gasteiger charge is 2.20. The van der Waals surface area contributed by atoms with E-state index in [0.717, 1.165) is 5.56 Å². The number of nitrogens with zero attached hydrogens (tertiary/aromatic N) is 2. The molecule has 0 saturated carbocycles. The van der Waals surface area contributed by atoms with Crippen LogP contribution in [-0.4, -0.2) is 44.5 Å². The van der Waals surface area contributed by atoms with Crippen LogP contribution in [-0.2, 0) is 25.7 Å². The monoisotopic (exact) mass is 360 g/mol. The van der Waals surface area contributed by atoms with Gasteiger partial charge in [0.25, 0.3) is 0 Å². The van der Waals surface area contributed by atoms with Crippen LogP contribution in [0.3, 0.4) is 0 Å². The van der Waals surface area contributed by atoms with E-state index in [4.69, 9.17) is 25.4 Å². The minimum atomic E-state index is -2.78. The van der Waals surface area contributed by atoms with Crippen molar-refractivity contribution in [2.45, 2.75) is 13.8 Å². The van der Waals surface area contributed by atoms with Gasteiger partial charge in [-0.05, 0) is 43.7 Å². The predicted octanol–water partition coefficient (Wildman–Crippen LogP) is 3.40. The molecule has 0 spiro atoms. The standard InChI is InChI=1S/C14H21N2O5PS/c1-5-18-22(23,19-6-2)21-13-9-7-12(8-10-13)11-15-20-14(17)16(3)4/h7-11H,5-6H2,1-4H3. The Bertz CT molecular complexity index is 567. The molecule has 0 saturated heterocycles. The van der Waals surface area contributed by atoms with Crippen LogP contribution >= 0.6 is 6.72 Å². The molecule has 1 amide bonds. The highest BCUT2D eigenvalue weighted by atomic mass is 32.5. The molecule has 0 aliphatic rings. The molecule has 0 radical (unpaired) electrons. The number of hydrogen-bond donors (Lipinski definition) is 0. The first-order chi connectivity index (χ1) is 10.9. The zero-order chi connectivity index (χ0) is 17.3. The van der Waals surface area contributed by atoms with E-state index < -0.39 is 12.8 Å². The van der Waals surface area contributed by atoms with Gasteiger partial charge in [0.1, 0.15) is 5.75 Å². The van der Waals surface area contributed by atoms with Crippen LogP contribution in [0.5, 0.6) is 5.75 Å². The molecule has 0 aliphatic carbocycles. The van der Waals surface area contributed by atoms with Gasteiger partial charge in [0, 0.05) is 25.9 Å². The highest BCUT2D eigenvalue weighted by molar-refractivity contribution is 8.07. The van der Waals surface area contributed by atoms with Crippen molar-refractivity contribution in [2.75, 3.05) is 27.3 Å². The highest BCUT2D eigenvalue weighted by Crippen LogP contribution is 2.49. The molecule has 1 rings (SSSR count). The summed E-state index contributed by atoms with van der Waals surface area (Å²) in [6.45, 7) is 1.72. The van der Waals surface area contributed by atoms with Crippen LogP contribution in [0.1, 0.15) is 19.4 Å². The third kappa shape index (κ3) is 7.09. The Hall–Kier alpha value is -1.47. The fraction of sp³-hybridized carbons (Fsp3) is 0.429. The number of hydrogen-bond acceptors (Lipinski definition) is 7. The second-order valence-corrected chi connectivity index (χ2v) is 7.36. The summed E-state index contributed by atoms with van der Waals surface area (Å²) in [4.78, 5) is 17.1. The molecule has 1 aromatic rings. The van der Waals surface area contributed by atoms with Gasteiger partial charge in [0.2, 0.25) is 0 Å². The van der Waals surface area contributed by atoms with Gasteiger partial charge in [-0.1, -0.05) is 5.16 Å². The van der Waals surface area contributed by atoms with E-state index in [9.17, 15) is 4.79 Å². The lowest BCUT2D eigenvalue weighted by Crippen LogP contribution is -2.20. The Morgan fingerprint density at radius 1 is 1.22 bits per heavy atom. The molecule has 1 aromatic carbocycles. The Kier molecular flexibility index (Phi) is 8.19. The smallest absolute Gasteiger partial charge is 0.424 e. The molecule has 7 nitrogen and oxygen atoms in total. The summed E-state index contributed by atoms with van der Waals surface area (Å²) in [5.74, 6) is 0.540. The normalized spacial score (nSPS) is 11.5. The molecule has 0 aromatic heterocycles. The number of carbonyl (C=O) groups excluding carboxylic acids is 1. The number of carbonyl (C=O) groups is 1. The zero-order valence-corrected chi connectivity index (χ0v) is 15.3. The van der Waals surface area contributed by atoms with Crippen molar-refractivity contribution in [1.29, 1.82) is 0 Å². The van der Waals surface area contributed by atoms with Crippen molar-refractivity contribution in [3.05, 3.63) is 29.8 Å². The first-order valence-corrected chi connectivity index (χ1v) is 9.56. The van der Waals surface area contributed by atoms with E-state index in [1.54, 1.807) is 38.4 Å². The van der Waals surface area contributed by atoms with Crippen molar-refractivity contribution >= 4 is 30.8 Å². The van der Waals surface area contributed by atoms with Gasteiger partial charge >= 0.3 is 12.8 Å². The molecule has 0 unspecified atom stereocenters. The average Bonchev–Trinajstić information content (AvgIpc) is 2.49. The molecule has 0 heterocycles. The van der Waals surface area contributed by atoms with Crippen LogP contribution in [0, 0.1) is 0 Å². The van der Waals surface area contributed by atoms with E-state index in [0.29, 0.717) is 19.0 Å². The third-order valence-corrected chi connectivity index (χ3v) is 4.81. The summed E-state index contributed by atoms with van der Waals surface area (Å²) in [5, 5.41) is 3.61. The van der Waals surface area contributed by atoms with Crippen molar-refractivity contribution in [3.63, 3.8) is 0 Å². The lowest BCUT2D eigenvalue weighted by molar-refractivity contribution is 0.123. The van der Waals surface area contributed by atoms with Gasteiger partial charge in [-0.25, -0.2) is 4.79 Å². The van der Waals surface area contributed by atoms with Gasteiger partial charge in [-0.2, -0.15) is 0 Å². The Morgan fingerprint density at radius 3 is 2.26 bits per heavy atom. The molecule has 23 heavy (non-hydrogen) atoms. The van der Waals surface area contributed by atoms with E-state index in [1.807, 2.05) is 13.8 Å². The minimum Gasteiger partial charge on any atom is -0.424 e. The molecule has 9 heteroatoms. The van der Waals surface area contributed by atoms with Crippen LogP contribution < -0.4 is 4.52 Å². The molecule has 0 atom stereocenters. The van der Waals surface area contributed by atoms with Crippen LogP contribution in [0.25, 0.3) is 0 Å². The van der Waals surface area contributed by atoms with E-state index in [-0.39, 0.29) is 0 Å². The molecular formula is C14H21N2O5PS. The first kappa shape index (κ1) is 19.6. The van der Waals surface area contributed by atoms with Crippen LogP contribution in [0.15, 0.2) is 29.4 Å². The first-order valence-electron chi connectivity index (χ1n) is 7.00. The molecule has 0 aliphatic heterocycles. The lowest BCUT2D eigenvalue weighted by atomic mass is 10.2. The Labute approximate surface area is 141 Å². The second kappa shape index (κ2) is 9.62. The average molecular weight is 360 g/mol. The fourth-order valence-electron chi connectivity index (χ4n) is 1.36. The summed E-state index contributed by atoms with van der Waals surface area (Å²) < 4.78 is 16.5. The Morgan fingerprint density at radius 2 is 1.78 bits per heavy atom.